The van der Waals surface area contributed by atoms with E-state index in [4.69, 9.17) is 0 Å². The van der Waals surface area contributed by atoms with Crippen LogP contribution in [0.4, 0.5) is 0 Å². The smallest absolute Gasteiger partial charge is 0.0388 e. The van der Waals surface area contributed by atoms with Gasteiger partial charge in [-0.05, 0) is 37.6 Å². The van der Waals surface area contributed by atoms with Crippen LogP contribution in [-0.2, 0) is 13.6 Å². The number of hydrogen-bond donors (Lipinski definition) is 1. The molecule has 2 nitrogen and oxygen atoms in total. The van der Waals surface area contributed by atoms with Crippen LogP contribution in [0.3, 0.4) is 0 Å². The average Bonchev–Trinajstić information content (AvgIpc) is 2.84. The molecule has 0 aliphatic heterocycles. The normalized spacial score (nSPS) is 12.9. The summed E-state index contributed by atoms with van der Waals surface area (Å²) in [5.41, 5.74) is 1.34. The Morgan fingerprint density at radius 1 is 1.38 bits per heavy atom. The molecule has 86 valence electrons. The summed E-state index contributed by atoms with van der Waals surface area (Å²) >= 11 is 1.87. The van der Waals surface area contributed by atoms with Gasteiger partial charge in [0.2, 0.25) is 0 Å². The fourth-order valence-corrected chi connectivity index (χ4v) is 2.63. The summed E-state index contributed by atoms with van der Waals surface area (Å²) in [5, 5.41) is 3.54. The third-order valence-corrected chi connectivity index (χ3v) is 3.88. The maximum Gasteiger partial charge on any atom is 0.0388 e. The Hall–Kier alpha value is -1.06. The first kappa shape index (κ1) is 11.4. The first-order chi connectivity index (χ1) is 7.65. The summed E-state index contributed by atoms with van der Waals surface area (Å²) in [6.45, 7) is 5.30. The molecule has 0 aliphatic rings. The van der Waals surface area contributed by atoms with E-state index in [0.29, 0.717) is 6.04 Å². The zero-order valence-corrected chi connectivity index (χ0v) is 10.8. The van der Waals surface area contributed by atoms with Gasteiger partial charge in [0.1, 0.15) is 0 Å². The van der Waals surface area contributed by atoms with Crippen molar-refractivity contribution in [1.82, 2.24) is 9.88 Å². The van der Waals surface area contributed by atoms with Crippen LogP contribution in [0, 0.1) is 6.92 Å². The van der Waals surface area contributed by atoms with Gasteiger partial charge in [-0.3, -0.25) is 0 Å². The fraction of sp³-hybridized carbons (Fsp3) is 0.385. The number of aryl methyl sites for hydroxylation is 2. The van der Waals surface area contributed by atoms with Crippen molar-refractivity contribution >= 4 is 11.3 Å². The molecule has 16 heavy (non-hydrogen) atoms. The van der Waals surface area contributed by atoms with Crippen molar-refractivity contribution in [1.29, 1.82) is 0 Å². The molecule has 1 unspecified atom stereocenters. The molecule has 0 bridgehead atoms. The predicted molar refractivity (Wildman–Crippen MR) is 69.7 cm³/mol. The lowest BCUT2D eigenvalue weighted by atomic mass is 10.2. The summed E-state index contributed by atoms with van der Waals surface area (Å²) in [4.78, 5) is 2.79. The van der Waals surface area contributed by atoms with Crippen molar-refractivity contribution in [3.8, 4) is 0 Å². The maximum absolute atomic E-state index is 3.54. The van der Waals surface area contributed by atoms with Crippen molar-refractivity contribution in [3.05, 3.63) is 45.9 Å². The molecular weight excluding hydrogens is 216 g/mol. The highest BCUT2D eigenvalue weighted by Gasteiger charge is 2.06. The van der Waals surface area contributed by atoms with Gasteiger partial charge >= 0.3 is 0 Å². The van der Waals surface area contributed by atoms with Crippen LogP contribution in [0.1, 0.15) is 28.3 Å². The molecule has 1 atom stereocenters. The van der Waals surface area contributed by atoms with Crippen molar-refractivity contribution in [2.24, 2.45) is 7.05 Å². The molecule has 1 N–H and O–H groups in total. The van der Waals surface area contributed by atoms with Gasteiger partial charge in [0.15, 0.2) is 0 Å². The number of nitrogens with one attached hydrogen (secondary N) is 1. The first-order valence-corrected chi connectivity index (χ1v) is 6.37. The lowest BCUT2D eigenvalue weighted by molar-refractivity contribution is 0.582. The Labute approximate surface area is 101 Å². The fourth-order valence-electron chi connectivity index (χ4n) is 1.72. The third-order valence-electron chi connectivity index (χ3n) is 2.69. The maximum atomic E-state index is 3.54. The van der Waals surface area contributed by atoms with Crippen LogP contribution in [-0.4, -0.2) is 4.57 Å². The molecule has 3 heteroatoms. The van der Waals surface area contributed by atoms with Gasteiger partial charge < -0.3 is 9.88 Å². The number of aromatic nitrogens is 1. The lowest BCUT2D eigenvalue weighted by Gasteiger charge is -2.10. The molecule has 2 heterocycles. The minimum atomic E-state index is 0.430. The standard InChI is InChI=1S/C13H18N2S/c1-10-4-5-13(16-10)11(2)14-8-12-6-7-15(3)9-12/h4-7,9,11,14H,8H2,1-3H3. The monoisotopic (exact) mass is 234 g/mol. The zero-order valence-electron chi connectivity index (χ0n) is 10.0. The second-order valence-corrected chi connectivity index (χ2v) is 5.56. The van der Waals surface area contributed by atoms with Gasteiger partial charge in [0, 0.05) is 41.8 Å². The van der Waals surface area contributed by atoms with Gasteiger partial charge in [-0.1, -0.05) is 0 Å². The summed E-state index contributed by atoms with van der Waals surface area (Å²) in [6, 6.07) is 6.97. The van der Waals surface area contributed by atoms with Crippen molar-refractivity contribution < 1.29 is 0 Å². The van der Waals surface area contributed by atoms with Gasteiger partial charge in [0.05, 0.1) is 0 Å². The molecule has 0 spiro atoms. The van der Waals surface area contributed by atoms with E-state index in [2.05, 4.69) is 61.4 Å². The quantitative estimate of drug-likeness (QED) is 0.859. The lowest BCUT2D eigenvalue weighted by Crippen LogP contribution is -2.16. The minimum Gasteiger partial charge on any atom is -0.357 e. The van der Waals surface area contributed by atoms with Gasteiger partial charge in [-0.15, -0.1) is 11.3 Å². The van der Waals surface area contributed by atoms with Crippen LogP contribution in [0.5, 0.6) is 0 Å². The summed E-state index contributed by atoms with van der Waals surface area (Å²) in [5.74, 6) is 0. The molecule has 0 aromatic carbocycles. The molecular formula is C13H18N2S. The van der Waals surface area contributed by atoms with Gasteiger partial charge in [-0.2, -0.15) is 0 Å². The van der Waals surface area contributed by atoms with Crippen LogP contribution in [0.15, 0.2) is 30.6 Å². The predicted octanol–water partition coefficient (Wildman–Crippen LogP) is 3.25. The van der Waals surface area contributed by atoms with Gasteiger partial charge in [0.25, 0.3) is 0 Å². The SMILES string of the molecule is Cc1ccc(C(C)NCc2ccn(C)c2)s1. The average molecular weight is 234 g/mol. The molecule has 2 rings (SSSR count). The van der Waals surface area contributed by atoms with Gasteiger partial charge in [-0.25, -0.2) is 0 Å². The zero-order chi connectivity index (χ0) is 11.5. The molecule has 0 aliphatic carbocycles. The van der Waals surface area contributed by atoms with Crippen LogP contribution < -0.4 is 5.32 Å². The van der Waals surface area contributed by atoms with Crippen LogP contribution >= 0.6 is 11.3 Å². The topological polar surface area (TPSA) is 17.0 Å². The number of hydrogen-bond acceptors (Lipinski definition) is 2. The Morgan fingerprint density at radius 3 is 2.75 bits per heavy atom. The van der Waals surface area contributed by atoms with Crippen molar-refractivity contribution in [2.75, 3.05) is 0 Å². The van der Waals surface area contributed by atoms with E-state index in [9.17, 15) is 0 Å². The summed E-state index contributed by atoms with van der Waals surface area (Å²) < 4.78 is 2.08. The number of thiophene rings is 1. The van der Waals surface area contributed by atoms with E-state index in [1.54, 1.807) is 0 Å². The summed E-state index contributed by atoms with van der Waals surface area (Å²) in [7, 11) is 2.05. The minimum absolute atomic E-state index is 0.430. The van der Waals surface area contributed by atoms with Crippen molar-refractivity contribution in [3.63, 3.8) is 0 Å². The Bertz CT molecular complexity index is 456. The molecule has 0 radical (unpaired) electrons. The van der Waals surface area contributed by atoms with E-state index < -0.39 is 0 Å². The Kier molecular flexibility index (Phi) is 3.46. The molecule has 0 fully saturated rings. The van der Waals surface area contributed by atoms with Crippen molar-refractivity contribution in [2.45, 2.75) is 26.4 Å². The first-order valence-electron chi connectivity index (χ1n) is 5.56. The summed E-state index contributed by atoms with van der Waals surface area (Å²) in [6.07, 6.45) is 4.23. The molecule has 0 saturated heterocycles. The second kappa shape index (κ2) is 4.85. The molecule has 2 aromatic heterocycles. The number of rotatable bonds is 4. The Morgan fingerprint density at radius 2 is 2.19 bits per heavy atom. The van der Waals surface area contributed by atoms with Crippen LogP contribution in [0.25, 0.3) is 0 Å². The van der Waals surface area contributed by atoms with E-state index in [1.165, 1.54) is 15.3 Å². The number of nitrogens with zero attached hydrogens (tertiary/aromatic N) is 1. The van der Waals surface area contributed by atoms with E-state index in [0.717, 1.165) is 6.54 Å². The second-order valence-electron chi connectivity index (χ2n) is 4.24. The molecule has 0 saturated carbocycles. The Balaban J connectivity index is 1.91. The highest BCUT2D eigenvalue weighted by molar-refractivity contribution is 7.12. The highest BCUT2D eigenvalue weighted by atomic mass is 32.1. The van der Waals surface area contributed by atoms with E-state index >= 15 is 0 Å². The van der Waals surface area contributed by atoms with Crippen LogP contribution in [0.2, 0.25) is 0 Å². The molecule has 2 aromatic rings. The van der Waals surface area contributed by atoms with E-state index in [1.807, 2.05) is 11.3 Å². The largest absolute Gasteiger partial charge is 0.357 e. The highest BCUT2D eigenvalue weighted by Crippen LogP contribution is 2.22. The van der Waals surface area contributed by atoms with E-state index in [-0.39, 0.29) is 0 Å². The third kappa shape index (κ3) is 2.74. The molecule has 0 amide bonds.